The van der Waals surface area contributed by atoms with Gasteiger partial charge in [-0.25, -0.2) is 0 Å². The Morgan fingerprint density at radius 2 is 2.46 bits per heavy atom. The van der Waals surface area contributed by atoms with Gasteiger partial charge in [0.25, 0.3) is 0 Å². The highest BCUT2D eigenvalue weighted by Crippen LogP contribution is 2.08. The second-order valence-corrected chi connectivity index (χ2v) is 5.08. The van der Waals surface area contributed by atoms with Crippen LogP contribution >= 0.6 is 23.1 Å². The van der Waals surface area contributed by atoms with Gasteiger partial charge in [-0.05, 0) is 31.0 Å². The van der Waals surface area contributed by atoms with Crippen molar-refractivity contribution in [2.24, 2.45) is 0 Å². The summed E-state index contributed by atoms with van der Waals surface area (Å²) in [7, 11) is 0. The molecule has 0 aromatic carbocycles. The predicted molar refractivity (Wildman–Crippen MR) is 63.9 cm³/mol. The van der Waals surface area contributed by atoms with Crippen molar-refractivity contribution >= 4 is 23.1 Å². The molecule has 1 nitrogen and oxygen atoms in total. The minimum Gasteiger partial charge on any atom is -0.313 e. The third-order valence-electron chi connectivity index (χ3n) is 1.86. The summed E-state index contributed by atoms with van der Waals surface area (Å²) in [5, 5.41) is 5.65. The number of hydrogen-bond acceptors (Lipinski definition) is 3. The zero-order valence-corrected chi connectivity index (χ0v) is 9.88. The predicted octanol–water partition coefficient (Wildman–Crippen LogP) is 2.63. The zero-order valence-electron chi connectivity index (χ0n) is 8.25. The number of hydrogen-bond donors (Lipinski definition) is 1. The van der Waals surface area contributed by atoms with Crippen LogP contribution in [-0.4, -0.2) is 24.6 Å². The Hall–Kier alpha value is 0.01000. The molecule has 0 bridgehead atoms. The van der Waals surface area contributed by atoms with Crippen LogP contribution in [0.15, 0.2) is 17.5 Å². The Morgan fingerprint density at radius 1 is 1.62 bits per heavy atom. The quantitative estimate of drug-likeness (QED) is 0.783. The first-order chi connectivity index (χ1) is 6.33. The standard InChI is InChI=1S/C10H17NS2/c1-9(8-12-2)11-6-5-10-4-3-7-13-10/h3-4,7,9,11H,5-6,8H2,1-2H3. The van der Waals surface area contributed by atoms with Crippen molar-refractivity contribution in [3.63, 3.8) is 0 Å². The van der Waals surface area contributed by atoms with Crippen LogP contribution in [0.1, 0.15) is 11.8 Å². The van der Waals surface area contributed by atoms with E-state index in [9.17, 15) is 0 Å². The minimum absolute atomic E-state index is 0.634. The molecule has 74 valence electrons. The van der Waals surface area contributed by atoms with Crippen LogP contribution in [0.3, 0.4) is 0 Å². The molecule has 1 heterocycles. The lowest BCUT2D eigenvalue weighted by Gasteiger charge is -2.11. The molecule has 1 aromatic rings. The first-order valence-corrected chi connectivity index (χ1v) is 6.85. The van der Waals surface area contributed by atoms with Crippen molar-refractivity contribution in [2.45, 2.75) is 19.4 Å². The molecule has 0 aliphatic heterocycles. The maximum absolute atomic E-state index is 3.51. The normalized spacial score (nSPS) is 13.1. The van der Waals surface area contributed by atoms with E-state index in [2.05, 4.69) is 36.0 Å². The highest BCUT2D eigenvalue weighted by Gasteiger charge is 1.99. The highest BCUT2D eigenvalue weighted by molar-refractivity contribution is 7.98. The zero-order chi connectivity index (χ0) is 9.52. The van der Waals surface area contributed by atoms with Crippen molar-refractivity contribution in [2.75, 3.05) is 18.6 Å². The SMILES string of the molecule is CSCC(C)NCCc1cccs1. The fourth-order valence-corrected chi connectivity index (χ4v) is 2.53. The maximum atomic E-state index is 3.51. The Balaban J connectivity index is 2.07. The minimum atomic E-state index is 0.634. The summed E-state index contributed by atoms with van der Waals surface area (Å²) >= 11 is 3.74. The van der Waals surface area contributed by atoms with Gasteiger partial charge in [-0.1, -0.05) is 6.07 Å². The van der Waals surface area contributed by atoms with Gasteiger partial charge >= 0.3 is 0 Å². The second-order valence-electron chi connectivity index (χ2n) is 3.14. The van der Waals surface area contributed by atoms with Gasteiger partial charge in [0.2, 0.25) is 0 Å². The van der Waals surface area contributed by atoms with Crippen LogP contribution in [0.4, 0.5) is 0 Å². The molecule has 0 saturated heterocycles. The van der Waals surface area contributed by atoms with Crippen LogP contribution < -0.4 is 5.32 Å². The first kappa shape index (κ1) is 11.1. The molecule has 13 heavy (non-hydrogen) atoms. The van der Waals surface area contributed by atoms with E-state index in [1.165, 1.54) is 10.6 Å². The lowest BCUT2D eigenvalue weighted by atomic mass is 10.3. The molecule has 0 amide bonds. The van der Waals surface area contributed by atoms with E-state index < -0.39 is 0 Å². The third-order valence-corrected chi connectivity index (χ3v) is 3.63. The third kappa shape index (κ3) is 4.69. The molecule has 1 aromatic heterocycles. The van der Waals surface area contributed by atoms with E-state index in [0.29, 0.717) is 6.04 Å². The fraction of sp³-hybridized carbons (Fsp3) is 0.600. The van der Waals surface area contributed by atoms with Crippen molar-refractivity contribution in [3.05, 3.63) is 22.4 Å². The molecule has 0 spiro atoms. The lowest BCUT2D eigenvalue weighted by Crippen LogP contribution is -2.29. The van der Waals surface area contributed by atoms with Gasteiger partial charge in [0, 0.05) is 23.2 Å². The Morgan fingerprint density at radius 3 is 3.08 bits per heavy atom. The lowest BCUT2D eigenvalue weighted by molar-refractivity contribution is 0.599. The van der Waals surface area contributed by atoms with Gasteiger partial charge in [-0.3, -0.25) is 0 Å². The number of thiophene rings is 1. The molecular formula is C10H17NS2. The van der Waals surface area contributed by atoms with Crippen molar-refractivity contribution in [1.82, 2.24) is 5.32 Å². The highest BCUT2D eigenvalue weighted by atomic mass is 32.2. The first-order valence-electron chi connectivity index (χ1n) is 4.57. The van der Waals surface area contributed by atoms with E-state index in [-0.39, 0.29) is 0 Å². The maximum Gasteiger partial charge on any atom is 0.0129 e. The second kappa shape index (κ2) is 6.46. The Bertz CT molecular complexity index is 209. The largest absolute Gasteiger partial charge is 0.313 e. The van der Waals surface area contributed by atoms with E-state index in [1.54, 1.807) is 0 Å². The summed E-state index contributed by atoms with van der Waals surface area (Å²) in [6.07, 6.45) is 3.31. The number of rotatable bonds is 6. The van der Waals surface area contributed by atoms with Crippen molar-refractivity contribution < 1.29 is 0 Å². The average molecular weight is 215 g/mol. The monoisotopic (exact) mass is 215 g/mol. The smallest absolute Gasteiger partial charge is 0.0129 e. The molecule has 0 aliphatic carbocycles. The van der Waals surface area contributed by atoms with E-state index in [1.807, 2.05) is 23.1 Å². The molecule has 0 aliphatic rings. The van der Waals surface area contributed by atoms with Crippen molar-refractivity contribution in [1.29, 1.82) is 0 Å². The van der Waals surface area contributed by atoms with Gasteiger partial charge in [0.15, 0.2) is 0 Å². The molecule has 0 saturated carbocycles. The van der Waals surface area contributed by atoms with Crippen LogP contribution in [0.25, 0.3) is 0 Å². The summed E-state index contributed by atoms with van der Waals surface area (Å²) in [6, 6.07) is 4.95. The van der Waals surface area contributed by atoms with Crippen LogP contribution in [0.5, 0.6) is 0 Å². The molecule has 1 N–H and O–H groups in total. The van der Waals surface area contributed by atoms with Gasteiger partial charge in [-0.15, -0.1) is 11.3 Å². The van der Waals surface area contributed by atoms with Crippen LogP contribution in [-0.2, 0) is 6.42 Å². The molecule has 3 heteroatoms. The summed E-state index contributed by atoms with van der Waals surface area (Å²) in [5.41, 5.74) is 0. The summed E-state index contributed by atoms with van der Waals surface area (Å²) in [5.74, 6) is 1.20. The van der Waals surface area contributed by atoms with Gasteiger partial charge in [-0.2, -0.15) is 11.8 Å². The van der Waals surface area contributed by atoms with Crippen molar-refractivity contribution in [3.8, 4) is 0 Å². The molecule has 0 fully saturated rings. The van der Waals surface area contributed by atoms with Gasteiger partial charge < -0.3 is 5.32 Å². The molecule has 1 unspecified atom stereocenters. The molecule has 0 radical (unpaired) electrons. The molecule has 1 atom stereocenters. The van der Waals surface area contributed by atoms with E-state index >= 15 is 0 Å². The van der Waals surface area contributed by atoms with Gasteiger partial charge in [0.1, 0.15) is 0 Å². The topological polar surface area (TPSA) is 12.0 Å². The number of nitrogens with one attached hydrogen (secondary N) is 1. The van der Waals surface area contributed by atoms with Crippen LogP contribution in [0, 0.1) is 0 Å². The fourth-order valence-electron chi connectivity index (χ4n) is 1.21. The summed E-state index contributed by atoms with van der Waals surface area (Å²) in [4.78, 5) is 1.48. The molecular weight excluding hydrogens is 198 g/mol. The van der Waals surface area contributed by atoms with Gasteiger partial charge in [0.05, 0.1) is 0 Å². The van der Waals surface area contributed by atoms with E-state index in [0.717, 1.165) is 13.0 Å². The Labute approximate surface area is 88.9 Å². The summed E-state index contributed by atoms with van der Waals surface area (Å²) in [6.45, 7) is 3.34. The number of thioether (sulfide) groups is 1. The van der Waals surface area contributed by atoms with E-state index in [4.69, 9.17) is 0 Å². The summed E-state index contributed by atoms with van der Waals surface area (Å²) < 4.78 is 0. The molecule has 1 rings (SSSR count). The van der Waals surface area contributed by atoms with Crippen LogP contribution in [0.2, 0.25) is 0 Å². The Kier molecular flexibility index (Phi) is 5.51. The average Bonchev–Trinajstić information content (AvgIpc) is 2.57.